The molecular formula is C12H13ClFNO. The highest BCUT2D eigenvalue weighted by Crippen LogP contribution is 2.22. The molecule has 1 aliphatic heterocycles. The van der Waals surface area contributed by atoms with E-state index in [4.69, 9.17) is 11.6 Å². The average molecular weight is 242 g/mol. The van der Waals surface area contributed by atoms with Gasteiger partial charge in [0.05, 0.1) is 0 Å². The number of halogens is 2. The first-order valence-electron chi connectivity index (χ1n) is 5.35. The van der Waals surface area contributed by atoms with Gasteiger partial charge in [-0.05, 0) is 25.1 Å². The molecular weight excluding hydrogens is 229 g/mol. The number of hydrogen-bond donors (Lipinski definition) is 1. The number of carbonyl (C=O) groups excluding carboxylic acids is 1. The normalized spacial score (nSPS) is 20.0. The lowest BCUT2D eigenvalue weighted by Crippen LogP contribution is -2.20. The van der Waals surface area contributed by atoms with Crippen LogP contribution in [0.15, 0.2) is 18.2 Å². The molecule has 1 aromatic carbocycles. The van der Waals surface area contributed by atoms with Crippen LogP contribution in [-0.2, 0) is 11.2 Å². The smallest absolute Gasteiger partial charge is 0.141 e. The molecule has 1 aliphatic rings. The summed E-state index contributed by atoms with van der Waals surface area (Å²) in [6.45, 7) is 1.56. The lowest BCUT2D eigenvalue weighted by atomic mass is 9.97. The minimum absolute atomic E-state index is 0.00988. The second-order valence-corrected chi connectivity index (χ2v) is 4.44. The molecule has 0 spiro atoms. The van der Waals surface area contributed by atoms with Crippen LogP contribution in [0.1, 0.15) is 12.0 Å². The Balaban J connectivity index is 2.11. The monoisotopic (exact) mass is 241 g/mol. The number of hydrogen-bond acceptors (Lipinski definition) is 2. The van der Waals surface area contributed by atoms with Crippen molar-refractivity contribution in [1.29, 1.82) is 0 Å². The highest BCUT2D eigenvalue weighted by Gasteiger charge is 2.23. The van der Waals surface area contributed by atoms with Gasteiger partial charge in [0, 0.05) is 29.5 Å². The highest BCUT2D eigenvalue weighted by molar-refractivity contribution is 6.31. The first kappa shape index (κ1) is 11.6. The summed E-state index contributed by atoms with van der Waals surface area (Å²) in [5.74, 6) is -0.320. The molecule has 86 valence electrons. The van der Waals surface area contributed by atoms with Crippen molar-refractivity contribution in [2.75, 3.05) is 13.1 Å². The second kappa shape index (κ2) is 4.93. The minimum atomic E-state index is -0.396. The number of carbonyl (C=O) groups is 1. The Bertz CT molecular complexity index is 382. The third-order valence-electron chi connectivity index (χ3n) is 2.93. The van der Waals surface area contributed by atoms with Crippen molar-refractivity contribution >= 4 is 17.4 Å². The van der Waals surface area contributed by atoms with Crippen LogP contribution in [0.5, 0.6) is 0 Å². The topological polar surface area (TPSA) is 29.1 Å². The molecule has 1 unspecified atom stereocenters. The minimum Gasteiger partial charge on any atom is -0.316 e. The van der Waals surface area contributed by atoms with Gasteiger partial charge < -0.3 is 5.32 Å². The van der Waals surface area contributed by atoms with Crippen molar-refractivity contribution < 1.29 is 9.18 Å². The van der Waals surface area contributed by atoms with Gasteiger partial charge in [-0.25, -0.2) is 4.39 Å². The van der Waals surface area contributed by atoms with Crippen molar-refractivity contribution in [3.8, 4) is 0 Å². The zero-order chi connectivity index (χ0) is 11.5. The molecule has 4 heteroatoms. The van der Waals surface area contributed by atoms with E-state index >= 15 is 0 Å². The van der Waals surface area contributed by atoms with Crippen LogP contribution in [0.25, 0.3) is 0 Å². The summed E-state index contributed by atoms with van der Waals surface area (Å²) in [6.07, 6.45) is 0.933. The van der Waals surface area contributed by atoms with Crippen molar-refractivity contribution in [1.82, 2.24) is 5.32 Å². The Morgan fingerprint density at radius 1 is 1.56 bits per heavy atom. The third kappa shape index (κ3) is 2.42. The SMILES string of the molecule is O=C(Cc1c(F)cccc1Cl)C1CCNC1. The molecule has 0 aliphatic carbocycles. The first-order chi connectivity index (χ1) is 7.68. The summed E-state index contributed by atoms with van der Waals surface area (Å²) in [5, 5.41) is 3.45. The Morgan fingerprint density at radius 2 is 2.38 bits per heavy atom. The van der Waals surface area contributed by atoms with Crippen LogP contribution in [0.3, 0.4) is 0 Å². The van der Waals surface area contributed by atoms with Gasteiger partial charge in [-0.1, -0.05) is 17.7 Å². The molecule has 0 saturated carbocycles. The van der Waals surface area contributed by atoms with Crippen molar-refractivity contribution in [3.63, 3.8) is 0 Å². The van der Waals surface area contributed by atoms with Gasteiger partial charge in [0.15, 0.2) is 0 Å². The molecule has 0 radical (unpaired) electrons. The standard InChI is InChI=1S/C12H13ClFNO/c13-10-2-1-3-11(14)9(10)6-12(16)8-4-5-15-7-8/h1-3,8,15H,4-7H2. The summed E-state index contributed by atoms with van der Waals surface area (Å²) < 4.78 is 13.4. The lowest BCUT2D eigenvalue weighted by molar-refractivity contribution is -0.121. The summed E-state index contributed by atoms with van der Waals surface area (Å²) in [7, 11) is 0. The zero-order valence-corrected chi connectivity index (χ0v) is 9.56. The van der Waals surface area contributed by atoms with Crippen LogP contribution in [0.2, 0.25) is 5.02 Å². The lowest BCUT2D eigenvalue weighted by Gasteiger charge is -2.09. The maximum atomic E-state index is 13.4. The van der Waals surface area contributed by atoms with E-state index in [9.17, 15) is 9.18 Å². The summed E-state index contributed by atoms with van der Waals surface area (Å²) in [6, 6.07) is 4.49. The molecule has 1 N–H and O–H groups in total. The first-order valence-corrected chi connectivity index (χ1v) is 5.72. The molecule has 2 nitrogen and oxygen atoms in total. The van der Waals surface area contributed by atoms with Gasteiger partial charge in [0.1, 0.15) is 11.6 Å². The Kier molecular flexibility index (Phi) is 3.56. The van der Waals surface area contributed by atoms with E-state index in [1.807, 2.05) is 0 Å². The van der Waals surface area contributed by atoms with Gasteiger partial charge in [0.25, 0.3) is 0 Å². The van der Waals surface area contributed by atoms with Gasteiger partial charge in [0.2, 0.25) is 0 Å². The molecule has 1 aromatic rings. The highest BCUT2D eigenvalue weighted by atomic mass is 35.5. The van der Waals surface area contributed by atoms with Crippen molar-refractivity contribution in [3.05, 3.63) is 34.6 Å². The predicted molar refractivity (Wildman–Crippen MR) is 61.1 cm³/mol. The van der Waals surface area contributed by atoms with Crippen LogP contribution in [0, 0.1) is 11.7 Å². The molecule has 16 heavy (non-hydrogen) atoms. The fourth-order valence-corrected chi connectivity index (χ4v) is 2.18. The van der Waals surface area contributed by atoms with Crippen LogP contribution >= 0.6 is 11.6 Å². The number of nitrogens with one attached hydrogen (secondary N) is 1. The average Bonchev–Trinajstić information content (AvgIpc) is 2.76. The van der Waals surface area contributed by atoms with E-state index in [1.54, 1.807) is 12.1 Å². The Labute approximate surface area is 98.8 Å². The second-order valence-electron chi connectivity index (χ2n) is 4.03. The molecule has 1 heterocycles. The van der Waals surface area contributed by atoms with E-state index in [2.05, 4.69) is 5.32 Å². The Hall–Kier alpha value is -0.930. The van der Waals surface area contributed by atoms with Crippen molar-refractivity contribution in [2.45, 2.75) is 12.8 Å². The number of Topliss-reactive ketones (excluding diaryl/α,β-unsaturated/α-hetero) is 1. The van der Waals surface area contributed by atoms with Gasteiger partial charge >= 0.3 is 0 Å². The maximum absolute atomic E-state index is 13.4. The number of ketones is 1. The van der Waals surface area contributed by atoms with Crippen LogP contribution < -0.4 is 5.32 Å². The zero-order valence-electron chi connectivity index (χ0n) is 8.80. The maximum Gasteiger partial charge on any atom is 0.141 e. The third-order valence-corrected chi connectivity index (χ3v) is 3.28. The van der Waals surface area contributed by atoms with Gasteiger partial charge in [-0.3, -0.25) is 4.79 Å². The molecule has 1 fully saturated rings. The van der Waals surface area contributed by atoms with Crippen LogP contribution in [-0.4, -0.2) is 18.9 Å². The fraction of sp³-hybridized carbons (Fsp3) is 0.417. The summed E-state index contributed by atoms with van der Waals surface area (Å²) in [4.78, 5) is 11.9. The quantitative estimate of drug-likeness (QED) is 0.879. The largest absolute Gasteiger partial charge is 0.316 e. The van der Waals surface area contributed by atoms with E-state index in [-0.39, 0.29) is 18.1 Å². The Morgan fingerprint density at radius 3 is 3.00 bits per heavy atom. The van der Waals surface area contributed by atoms with E-state index in [0.717, 1.165) is 13.0 Å². The van der Waals surface area contributed by atoms with Gasteiger partial charge in [-0.2, -0.15) is 0 Å². The molecule has 2 rings (SSSR count). The molecule has 0 bridgehead atoms. The van der Waals surface area contributed by atoms with Gasteiger partial charge in [-0.15, -0.1) is 0 Å². The van der Waals surface area contributed by atoms with E-state index in [1.165, 1.54) is 6.07 Å². The summed E-state index contributed by atoms with van der Waals surface area (Å²) >= 11 is 5.87. The molecule has 0 aromatic heterocycles. The molecule has 0 amide bonds. The van der Waals surface area contributed by atoms with Crippen LogP contribution in [0.4, 0.5) is 4.39 Å². The predicted octanol–water partition coefficient (Wildman–Crippen LogP) is 2.20. The summed E-state index contributed by atoms with van der Waals surface area (Å²) in [5.41, 5.74) is 0.320. The van der Waals surface area contributed by atoms with E-state index < -0.39 is 5.82 Å². The van der Waals surface area contributed by atoms with Crippen molar-refractivity contribution in [2.24, 2.45) is 5.92 Å². The fourth-order valence-electron chi connectivity index (χ4n) is 1.95. The molecule has 1 atom stereocenters. The number of benzene rings is 1. The number of rotatable bonds is 3. The van der Waals surface area contributed by atoms with E-state index in [0.29, 0.717) is 17.1 Å². The molecule has 1 saturated heterocycles.